The van der Waals surface area contributed by atoms with E-state index in [0.29, 0.717) is 17.7 Å². The fourth-order valence-electron chi connectivity index (χ4n) is 6.80. The molecule has 0 saturated heterocycles. The number of benzene rings is 6. The molecule has 74 heavy (non-hydrogen) atoms. The van der Waals surface area contributed by atoms with Crippen LogP contribution in [0.2, 0.25) is 0 Å². The van der Waals surface area contributed by atoms with Gasteiger partial charge in [-0.1, -0.05) is 17.2 Å². The zero-order valence-corrected chi connectivity index (χ0v) is 41.5. The number of aromatic nitrogens is 3. The molecule has 0 aliphatic heterocycles. The molecule has 29 nitrogen and oxygen atoms in total. The molecule has 0 aliphatic rings. The number of phenols is 2. The molecule has 0 saturated carbocycles. The highest BCUT2D eigenvalue weighted by Crippen LogP contribution is 2.49. The first-order valence-corrected chi connectivity index (χ1v) is 27.5. The molecule has 1 heterocycles. The van der Waals surface area contributed by atoms with E-state index in [-0.39, 0.29) is 45.6 Å². The van der Waals surface area contributed by atoms with Crippen LogP contribution < -0.4 is 10.6 Å². The van der Waals surface area contributed by atoms with Crippen molar-refractivity contribution in [1.82, 2.24) is 15.0 Å². The quantitative estimate of drug-likeness (QED) is 0.00986. The van der Waals surface area contributed by atoms with Crippen LogP contribution in [0.5, 0.6) is 11.5 Å². The number of anilines is 4. The highest BCUT2D eigenvalue weighted by molar-refractivity contribution is 7.94. The maximum atomic E-state index is 12.6. The molecule has 0 radical (unpaired) electrons. The summed E-state index contributed by atoms with van der Waals surface area (Å²) in [6.07, 6.45) is 1.69. The summed E-state index contributed by atoms with van der Waals surface area (Å²) >= 11 is 0.179. The molecule has 6 aromatic carbocycles. The van der Waals surface area contributed by atoms with Gasteiger partial charge < -0.3 is 20.8 Å². The highest BCUT2D eigenvalue weighted by atomic mass is 32.2. The molecule has 10 N–H and O–H groups in total. The molecular weight excluding hydrogens is 1110 g/mol. The molecule has 7 aromatic rings. The second-order valence-electron chi connectivity index (χ2n) is 14.9. The first kappa shape index (κ1) is 54.5. The minimum Gasteiger partial charge on any atom is -0.505 e. The van der Waals surface area contributed by atoms with Gasteiger partial charge in [-0.2, -0.15) is 62.2 Å². The predicted octanol–water partition coefficient (Wildman–Crippen LogP) is 7.61. The number of aromatic hydroxyl groups is 2. The van der Waals surface area contributed by atoms with Gasteiger partial charge in [0.2, 0.25) is 11.9 Å². The normalized spacial score (nSPS) is 12.8. The van der Waals surface area contributed by atoms with Gasteiger partial charge in [0.15, 0.2) is 11.5 Å². The second-order valence-corrected chi connectivity index (χ2v) is 22.6. The van der Waals surface area contributed by atoms with Gasteiger partial charge in [-0.05, 0) is 102 Å². The van der Waals surface area contributed by atoms with E-state index in [4.69, 9.17) is 5.26 Å². The van der Waals surface area contributed by atoms with Crippen LogP contribution in [0.25, 0.3) is 21.5 Å². The largest absolute Gasteiger partial charge is 0.505 e. The first-order valence-electron chi connectivity index (χ1n) is 19.6. The Morgan fingerprint density at radius 2 is 1.11 bits per heavy atom. The predicted molar refractivity (Wildman–Crippen MR) is 257 cm³/mol. The smallest absolute Gasteiger partial charge is 0.296 e. The van der Waals surface area contributed by atoms with Crippen molar-refractivity contribution in [3.8, 4) is 11.5 Å². The van der Waals surface area contributed by atoms with Crippen molar-refractivity contribution in [3.05, 3.63) is 103 Å². The molecule has 0 unspecified atom stereocenters. The summed E-state index contributed by atoms with van der Waals surface area (Å²) in [6, 6.07) is 12.4. The maximum absolute atomic E-state index is 12.6. The van der Waals surface area contributed by atoms with Gasteiger partial charge in [-0.15, -0.1) is 26.3 Å². The average Bonchev–Trinajstić information content (AvgIpc) is 3.28. The van der Waals surface area contributed by atoms with E-state index in [1.807, 2.05) is 0 Å². The zero-order chi connectivity index (χ0) is 54.3. The Morgan fingerprint density at radius 1 is 0.595 bits per heavy atom. The Bertz CT molecular complexity index is 4130. The lowest BCUT2D eigenvalue weighted by atomic mass is 10.1. The van der Waals surface area contributed by atoms with E-state index < -0.39 is 138 Å². The Morgan fingerprint density at radius 3 is 1.61 bits per heavy atom. The Balaban J connectivity index is 1.39. The van der Waals surface area contributed by atoms with Gasteiger partial charge in [-0.25, -0.2) is 5.26 Å². The molecule has 0 amide bonds. The summed E-state index contributed by atoms with van der Waals surface area (Å²) in [7, 11) is -25.2. The fourth-order valence-corrected chi connectivity index (χ4v) is 10.1. The monoisotopic (exact) mass is 1140 g/mol. The third kappa shape index (κ3) is 12.2. The lowest BCUT2D eigenvalue weighted by molar-refractivity contribution is -0.432. The molecule has 388 valence electrons. The van der Waals surface area contributed by atoms with E-state index in [1.54, 1.807) is 0 Å². The first-order chi connectivity index (χ1) is 34.5. The van der Waals surface area contributed by atoms with Crippen molar-refractivity contribution in [1.29, 1.82) is 0 Å². The Kier molecular flexibility index (Phi) is 15.2. The number of aryl methyl sites for hydroxylation is 1. The molecule has 0 spiro atoms. The molecule has 0 bridgehead atoms. The van der Waals surface area contributed by atoms with Gasteiger partial charge in [0.25, 0.3) is 50.6 Å². The van der Waals surface area contributed by atoms with Crippen molar-refractivity contribution in [2.75, 3.05) is 10.6 Å². The van der Waals surface area contributed by atoms with E-state index >= 15 is 0 Å². The number of phenolic OH excluding ortho intramolecular Hbond substituents is 2. The van der Waals surface area contributed by atoms with Crippen molar-refractivity contribution < 1.29 is 89.7 Å². The third-order valence-electron chi connectivity index (χ3n) is 9.85. The summed E-state index contributed by atoms with van der Waals surface area (Å²) in [5.41, 5.74) is -2.62. The molecule has 7 rings (SSSR count). The van der Waals surface area contributed by atoms with Gasteiger partial charge >= 0.3 is 0 Å². The maximum Gasteiger partial charge on any atom is 0.296 e. The lowest BCUT2D eigenvalue weighted by Gasteiger charge is -2.16. The lowest BCUT2D eigenvalue weighted by Crippen LogP contribution is -2.08. The summed E-state index contributed by atoms with van der Waals surface area (Å²) in [6.45, 7) is 4.91. The molecular formula is C39H31N9O20S6. The fraction of sp³-hybridized carbons (Fsp3) is 0.0513. The van der Waals surface area contributed by atoms with Crippen LogP contribution in [0.4, 0.5) is 46.0 Å². The number of hydrogen-bond donors (Lipinski definition) is 10. The Labute approximate surface area is 420 Å². The van der Waals surface area contributed by atoms with Crippen LogP contribution in [0.3, 0.4) is 0 Å². The summed E-state index contributed by atoms with van der Waals surface area (Å²) < 4.78 is 177. The van der Waals surface area contributed by atoms with Crippen LogP contribution in [-0.2, 0) is 66.4 Å². The average molecular weight is 1140 g/mol. The standard InChI is InChI=1S/C39H31N9O20S6/c1-3-4-19-5-10-30(73(61,62)63)26(11-19)46-47-34-29(69-68-67-51)14-20-12-24(71(55,56)57)16-27(32(20)36(34)49)42-38-40-18(2)41-39(44-38)43-28-17-25(72(58,59)60)13-21-15-31(74(64,65)66)35(37(50)33(21)28)48-45-22-6-8-23(9-7-22)70(52,53)54/h3,5-17,49-51H,1,4H2,2H3,(H,52,53,54)(H,55,56,57)(H,58,59,60)(H,61,62,63)(H,64,65,66)(H2,40,41,42,43,44). The molecule has 0 aliphatic carbocycles. The van der Waals surface area contributed by atoms with Crippen LogP contribution in [-0.4, -0.2) is 95.3 Å². The van der Waals surface area contributed by atoms with Crippen molar-refractivity contribution in [3.63, 3.8) is 0 Å². The van der Waals surface area contributed by atoms with Crippen LogP contribution in [0.1, 0.15) is 11.4 Å². The molecule has 0 fully saturated rings. The van der Waals surface area contributed by atoms with Gasteiger partial charge in [-0.3, -0.25) is 22.8 Å². The summed E-state index contributed by atoms with van der Waals surface area (Å²) in [4.78, 5) is 8.06. The van der Waals surface area contributed by atoms with E-state index in [0.717, 1.165) is 54.6 Å². The van der Waals surface area contributed by atoms with E-state index in [9.17, 15) is 75.1 Å². The SMILES string of the molecule is C=CCc1ccc(S(=O)(=O)O)c(N=Nc2c(SOOO)cc3cc(S(=O)(=O)O)cc(Nc4nc(C)nc(Nc5cc(S(=O)(=O)O)cc6cc(S(=O)(=O)O)c(N=Nc7ccc(S(=O)(=O)O)cc7)c(O)c56)n4)c3c2O)c1. The van der Waals surface area contributed by atoms with Gasteiger partial charge in [0, 0.05) is 10.8 Å². The Hall–Kier alpha value is -7.23. The number of nitrogens with one attached hydrogen (secondary N) is 2. The zero-order valence-electron chi connectivity index (χ0n) is 36.6. The second kappa shape index (κ2) is 20.6. The number of allylic oxidation sites excluding steroid dienone is 1. The minimum absolute atomic E-state index is 0.172. The van der Waals surface area contributed by atoms with Crippen molar-refractivity contribution in [2.45, 2.75) is 42.7 Å². The number of rotatable bonds is 18. The molecule has 0 atom stereocenters. The number of azo groups is 2. The summed E-state index contributed by atoms with van der Waals surface area (Å²) in [5, 5.41) is 55.3. The highest BCUT2D eigenvalue weighted by Gasteiger charge is 2.27. The van der Waals surface area contributed by atoms with Crippen LogP contribution in [0, 0.1) is 6.92 Å². The van der Waals surface area contributed by atoms with Crippen LogP contribution in [0.15, 0.2) is 141 Å². The van der Waals surface area contributed by atoms with Crippen LogP contribution >= 0.6 is 12.0 Å². The summed E-state index contributed by atoms with van der Waals surface area (Å²) in [5.74, 6) is -3.22. The van der Waals surface area contributed by atoms with E-state index in [2.05, 4.69) is 62.0 Å². The van der Waals surface area contributed by atoms with Crippen molar-refractivity contribution in [2.24, 2.45) is 20.5 Å². The number of hydrogen-bond acceptors (Lipinski definition) is 25. The minimum atomic E-state index is -5.35. The van der Waals surface area contributed by atoms with Gasteiger partial charge in [0.1, 0.15) is 32.7 Å². The molecule has 1 aromatic heterocycles. The molecule has 35 heteroatoms. The number of nitrogens with zero attached hydrogens (tertiary/aromatic N) is 7. The van der Waals surface area contributed by atoms with E-state index in [1.165, 1.54) is 25.1 Å². The topological polar surface area (TPSA) is 463 Å². The number of fused-ring (bicyclic) bond motifs is 2. The van der Waals surface area contributed by atoms with Crippen molar-refractivity contribution >= 4 is 130 Å². The van der Waals surface area contributed by atoms with Gasteiger partial charge in [0.05, 0.1) is 48.7 Å². The third-order valence-corrected chi connectivity index (χ3v) is 14.8.